The average Bonchev–Trinajstić information content (AvgIpc) is 1.91. The summed E-state index contributed by atoms with van der Waals surface area (Å²) in [6.45, 7) is 0. The number of hydrogen-bond donors (Lipinski definition) is 1. The molecule has 0 aromatic carbocycles. The van der Waals surface area contributed by atoms with Gasteiger partial charge in [0.2, 0.25) is 0 Å². The molecule has 0 radical (unpaired) electrons. The highest BCUT2D eigenvalue weighted by atomic mass is 32.1. The molecule has 0 aromatic rings. The Kier molecular flexibility index (Phi) is 0.828. The Labute approximate surface area is 45.1 Å². The Morgan fingerprint density at radius 1 is 1.57 bits per heavy atom. The fraction of sp³-hybridized carbons (Fsp3) is 0. The highest BCUT2D eigenvalue weighted by Crippen LogP contribution is 1.92. The van der Waals surface area contributed by atoms with Crippen LogP contribution in [0.4, 0.5) is 0 Å². The van der Waals surface area contributed by atoms with Crippen LogP contribution >= 0.6 is 12.2 Å². The minimum atomic E-state index is 0.231. The minimum absolute atomic E-state index is 0.231. The van der Waals surface area contributed by atoms with Gasteiger partial charge in [-0.2, -0.15) is 0 Å². The maximum atomic E-state index is 5.10. The van der Waals surface area contributed by atoms with E-state index >= 15 is 0 Å². The van der Waals surface area contributed by atoms with E-state index in [0.29, 0.717) is 0 Å². The largest absolute Gasteiger partial charge is 0.380 e. The summed E-state index contributed by atoms with van der Waals surface area (Å²) in [4.78, 5) is 0.278. The summed E-state index contributed by atoms with van der Waals surface area (Å²) < 4.78 is 0. The first kappa shape index (κ1) is 4.32. The SMILES string of the molecule is NC1=NN=NC1=S. The molecule has 36 valence electrons. The molecule has 0 aliphatic carbocycles. The van der Waals surface area contributed by atoms with Gasteiger partial charge in [-0.1, -0.05) is 12.2 Å². The Bertz CT molecular complexity index is 157. The van der Waals surface area contributed by atoms with Crippen LogP contribution in [0, 0.1) is 0 Å². The maximum Gasteiger partial charge on any atom is 0.194 e. The van der Waals surface area contributed by atoms with Gasteiger partial charge < -0.3 is 5.73 Å². The first-order valence-corrected chi connectivity index (χ1v) is 2.00. The molecule has 7 heavy (non-hydrogen) atoms. The molecule has 0 aromatic heterocycles. The van der Waals surface area contributed by atoms with Crippen LogP contribution in [0.1, 0.15) is 0 Å². The molecular formula is C2H2N4S. The third kappa shape index (κ3) is 0.614. The number of amidine groups is 1. The van der Waals surface area contributed by atoms with Gasteiger partial charge in [-0.05, 0) is 5.22 Å². The summed E-state index contributed by atoms with van der Waals surface area (Å²) in [6.07, 6.45) is 0. The van der Waals surface area contributed by atoms with Crippen molar-refractivity contribution in [3.63, 3.8) is 0 Å². The summed E-state index contributed by atoms with van der Waals surface area (Å²) in [7, 11) is 0. The molecule has 5 heteroatoms. The molecule has 2 N–H and O–H groups in total. The molecule has 0 bridgehead atoms. The summed E-state index contributed by atoms with van der Waals surface area (Å²) in [5.74, 6) is 0.231. The second kappa shape index (κ2) is 1.34. The highest BCUT2D eigenvalue weighted by Gasteiger charge is 2.03. The molecule has 0 unspecified atom stereocenters. The van der Waals surface area contributed by atoms with Gasteiger partial charge in [0.05, 0.1) is 0 Å². The molecule has 0 saturated heterocycles. The fourth-order valence-electron chi connectivity index (χ4n) is 0.205. The Balaban J connectivity index is 2.89. The van der Waals surface area contributed by atoms with Gasteiger partial charge in [-0.15, -0.1) is 10.2 Å². The van der Waals surface area contributed by atoms with Crippen LogP contribution < -0.4 is 5.73 Å². The Morgan fingerprint density at radius 3 is 2.43 bits per heavy atom. The number of thiocarbonyl (C=S) groups is 1. The van der Waals surface area contributed by atoms with Crippen molar-refractivity contribution in [2.75, 3.05) is 0 Å². The number of rotatable bonds is 0. The highest BCUT2D eigenvalue weighted by molar-refractivity contribution is 7.82. The van der Waals surface area contributed by atoms with Gasteiger partial charge in [-0.3, -0.25) is 0 Å². The topological polar surface area (TPSA) is 63.1 Å². The van der Waals surface area contributed by atoms with E-state index in [0.717, 1.165) is 0 Å². The van der Waals surface area contributed by atoms with Gasteiger partial charge in [0, 0.05) is 0 Å². The van der Waals surface area contributed by atoms with Crippen molar-refractivity contribution >= 4 is 23.0 Å². The van der Waals surface area contributed by atoms with E-state index in [1.165, 1.54) is 0 Å². The van der Waals surface area contributed by atoms with E-state index in [9.17, 15) is 0 Å². The zero-order valence-corrected chi connectivity index (χ0v) is 4.14. The fourth-order valence-corrected chi connectivity index (χ4v) is 0.283. The maximum absolute atomic E-state index is 5.10. The van der Waals surface area contributed by atoms with Crippen molar-refractivity contribution in [3.8, 4) is 0 Å². The zero-order chi connectivity index (χ0) is 5.28. The molecule has 1 heterocycles. The van der Waals surface area contributed by atoms with E-state index in [2.05, 4.69) is 27.7 Å². The number of nitrogens with zero attached hydrogens (tertiary/aromatic N) is 3. The molecule has 0 atom stereocenters. The Morgan fingerprint density at radius 2 is 2.29 bits per heavy atom. The number of hydrogen-bond acceptors (Lipinski definition) is 4. The van der Waals surface area contributed by atoms with Crippen molar-refractivity contribution in [3.05, 3.63) is 0 Å². The van der Waals surface area contributed by atoms with E-state index in [1.807, 2.05) is 0 Å². The first-order valence-electron chi connectivity index (χ1n) is 1.59. The summed E-state index contributed by atoms with van der Waals surface area (Å²) in [5, 5.41) is 9.87. The molecule has 1 aliphatic heterocycles. The third-order valence-corrected chi connectivity index (χ3v) is 0.798. The van der Waals surface area contributed by atoms with E-state index in [-0.39, 0.29) is 10.8 Å². The monoisotopic (exact) mass is 114 g/mol. The second-order valence-electron chi connectivity index (χ2n) is 0.980. The van der Waals surface area contributed by atoms with Crippen LogP contribution in [0.25, 0.3) is 0 Å². The predicted octanol–water partition coefficient (Wildman–Crippen LogP) is 0.0518. The second-order valence-corrected chi connectivity index (χ2v) is 1.37. The van der Waals surface area contributed by atoms with Crippen molar-refractivity contribution in [1.29, 1.82) is 0 Å². The van der Waals surface area contributed by atoms with Crippen molar-refractivity contribution < 1.29 is 0 Å². The van der Waals surface area contributed by atoms with E-state index in [4.69, 9.17) is 5.73 Å². The smallest absolute Gasteiger partial charge is 0.194 e. The molecule has 0 spiro atoms. The quantitative estimate of drug-likeness (QED) is 0.452. The molecule has 0 fully saturated rings. The van der Waals surface area contributed by atoms with Crippen molar-refractivity contribution in [2.45, 2.75) is 0 Å². The van der Waals surface area contributed by atoms with Crippen molar-refractivity contribution in [1.82, 2.24) is 0 Å². The molecule has 4 nitrogen and oxygen atoms in total. The molecule has 0 saturated carbocycles. The number of nitrogens with two attached hydrogens (primary N) is 1. The molecule has 1 aliphatic rings. The third-order valence-electron chi connectivity index (χ3n) is 0.507. The lowest BCUT2D eigenvalue weighted by atomic mass is 10.6. The standard InChI is InChI=1S/C2H2N4S/c3-1-2(7)5-6-4-1/h(H2,3,4,5,7). The summed E-state index contributed by atoms with van der Waals surface area (Å²) >= 11 is 4.53. The molecule has 0 amide bonds. The average molecular weight is 114 g/mol. The lowest BCUT2D eigenvalue weighted by molar-refractivity contribution is 1.12. The first-order chi connectivity index (χ1) is 3.30. The molecular weight excluding hydrogens is 112 g/mol. The van der Waals surface area contributed by atoms with Crippen LogP contribution in [-0.2, 0) is 0 Å². The van der Waals surface area contributed by atoms with Crippen molar-refractivity contribution in [2.24, 2.45) is 21.2 Å². The summed E-state index contributed by atoms with van der Waals surface area (Å²) in [6, 6.07) is 0. The van der Waals surface area contributed by atoms with Crippen LogP contribution in [-0.4, -0.2) is 10.8 Å². The van der Waals surface area contributed by atoms with E-state index in [1.54, 1.807) is 0 Å². The van der Waals surface area contributed by atoms with Crippen LogP contribution in [0.3, 0.4) is 0 Å². The summed E-state index contributed by atoms with van der Waals surface area (Å²) in [5.41, 5.74) is 5.10. The lowest BCUT2D eigenvalue weighted by Crippen LogP contribution is -2.16. The molecule has 1 rings (SSSR count). The van der Waals surface area contributed by atoms with Gasteiger partial charge in [-0.25, -0.2) is 0 Å². The van der Waals surface area contributed by atoms with Crippen LogP contribution in [0.15, 0.2) is 15.4 Å². The van der Waals surface area contributed by atoms with Crippen LogP contribution in [0.2, 0.25) is 0 Å². The van der Waals surface area contributed by atoms with Gasteiger partial charge >= 0.3 is 0 Å². The van der Waals surface area contributed by atoms with Gasteiger partial charge in [0.1, 0.15) is 0 Å². The normalized spacial score (nSPS) is 17.7. The van der Waals surface area contributed by atoms with E-state index < -0.39 is 0 Å². The predicted molar refractivity (Wildman–Crippen MR) is 29.1 cm³/mol. The lowest BCUT2D eigenvalue weighted by Gasteiger charge is -1.77. The van der Waals surface area contributed by atoms with Gasteiger partial charge in [0.15, 0.2) is 10.8 Å². The minimum Gasteiger partial charge on any atom is -0.380 e. The zero-order valence-electron chi connectivity index (χ0n) is 3.33. The van der Waals surface area contributed by atoms with Crippen LogP contribution in [0.5, 0.6) is 0 Å². The van der Waals surface area contributed by atoms with Gasteiger partial charge in [0.25, 0.3) is 0 Å². The Hall–Kier alpha value is -0.840.